The fraction of sp³-hybridized carbons (Fsp3) is 0.167. The third-order valence-corrected chi connectivity index (χ3v) is 3.69. The van der Waals surface area contributed by atoms with Gasteiger partial charge in [-0.2, -0.15) is 17.6 Å². The lowest BCUT2D eigenvalue weighted by molar-refractivity contribution is -0.166. The van der Waals surface area contributed by atoms with Crippen molar-refractivity contribution in [3.05, 3.63) is 48.0 Å². The van der Waals surface area contributed by atoms with Crippen LogP contribution in [0.4, 0.5) is 17.6 Å². The number of hydrogen-bond donors (Lipinski definition) is 0. The van der Waals surface area contributed by atoms with Gasteiger partial charge < -0.3 is 4.55 Å². The predicted molar refractivity (Wildman–Crippen MR) is 62.5 cm³/mol. The maximum atomic E-state index is 13.8. The molecule has 0 N–H and O–H groups in total. The minimum absolute atomic E-state index is 0.226. The van der Waals surface area contributed by atoms with Gasteiger partial charge in [0.25, 0.3) is 0 Å². The summed E-state index contributed by atoms with van der Waals surface area (Å²) in [4.78, 5) is 0. The highest BCUT2D eigenvalue weighted by Crippen LogP contribution is 2.47. The number of fused-ring (bicyclic) bond motifs is 1. The second kappa shape index (κ2) is 4.42. The molecule has 0 amide bonds. The molecule has 0 aliphatic heterocycles. The molecule has 0 heterocycles. The number of hydrogen-bond acceptors (Lipinski definition) is 3. The lowest BCUT2D eigenvalue weighted by Gasteiger charge is -2.29. The fourth-order valence-electron chi connectivity index (χ4n) is 1.81. The van der Waals surface area contributed by atoms with E-state index in [-0.39, 0.29) is 10.8 Å². The summed E-state index contributed by atoms with van der Waals surface area (Å²) in [6.07, 6.45) is 0. The highest BCUT2D eigenvalue weighted by molar-refractivity contribution is 7.86. The third kappa shape index (κ3) is 2.04. The molecule has 0 saturated heterocycles. The van der Waals surface area contributed by atoms with Crippen LogP contribution in [0.2, 0.25) is 0 Å². The molecular formula is C12H7F4O3S-. The molecule has 0 bridgehead atoms. The Bertz CT molecular complexity index is 751. The van der Waals surface area contributed by atoms with Gasteiger partial charge in [0.05, 0.1) is 0 Å². The molecular weight excluding hydrogens is 300 g/mol. The molecule has 3 nitrogen and oxygen atoms in total. The van der Waals surface area contributed by atoms with Gasteiger partial charge in [0.15, 0.2) is 10.1 Å². The zero-order valence-electron chi connectivity index (χ0n) is 9.69. The van der Waals surface area contributed by atoms with Crippen LogP contribution in [0.25, 0.3) is 10.8 Å². The quantitative estimate of drug-likeness (QED) is 0.647. The molecule has 2 rings (SSSR count). The van der Waals surface area contributed by atoms with Crippen molar-refractivity contribution < 1.29 is 30.5 Å². The average Bonchev–Trinajstić information content (AvgIpc) is 2.36. The van der Waals surface area contributed by atoms with E-state index in [9.17, 15) is 30.5 Å². The molecule has 2 aromatic carbocycles. The first kappa shape index (κ1) is 14.7. The van der Waals surface area contributed by atoms with E-state index >= 15 is 0 Å². The van der Waals surface area contributed by atoms with Crippen LogP contribution >= 0.6 is 0 Å². The molecule has 0 unspecified atom stereocenters. The van der Waals surface area contributed by atoms with E-state index in [1.54, 1.807) is 0 Å². The summed E-state index contributed by atoms with van der Waals surface area (Å²) in [7, 11) is -6.51. The van der Waals surface area contributed by atoms with Crippen molar-refractivity contribution in [2.75, 3.05) is 0 Å². The largest absolute Gasteiger partial charge is 0.743 e. The molecule has 8 heteroatoms. The Morgan fingerprint density at radius 1 is 0.900 bits per heavy atom. The first-order valence-corrected chi connectivity index (χ1v) is 6.69. The van der Waals surface area contributed by atoms with Crippen LogP contribution in [0.15, 0.2) is 42.5 Å². The first-order chi connectivity index (χ1) is 9.09. The molecule has 108 valence electrons. The summed E-state index contributed by atoms with van der Waals surface area (Å²) >= 11 is 0. The van der Waals surface area contributed by atoms with Crippen LogP contribution in [0, 0.1) is 0 Å². The van der Waals surface area contributed by atoms with Crippen molar-refractivity contribution in [2.45, 2.75) is 11.2 Å². The smallest absolute Gasteiger partial charge is 0.400 e. The molecule has 20 heavy (non-hydrogen) atoms. The zero-order chi connectivity index (χ0) is 15.2. The molecule has 0 saturated carbocycles. The van der Waals surface area contributed by atoms with E-state index in [0.717, 1.165) is 12.1 Å². The van der Waals surface area contributed by atoms with E-state index < -0.39 is 26.9 Å². The summed E-state index contributed by atoms with van der Waals surface area (Å²) in [5.41, 5.74) is -1.21. The molecule has 0 fully saturated rings. The fourth-order valence-corrected chi connectivity index (χ4v) is 2.24. The second-order valence-corrected chi connectivity index (χ2v) is 5.49. The van der Waals surface area contributed by atoms with E-state index in [4.69, 9.17) is 0 Å². The van der Waals surface area contributed by atoms with Crippen LogP contribution in [0.5, 0.6) is 0 Å². The van der Waals surface area contributed by atoms with Crippen LogP contribution in [-0.2, 0) is 16.0 Å². The average molecular weight is 307 g/mol. The SMILES string of the molecule is O=S(=O)([O-])C(F)(F)C(F)(F)c1cccc2ccccc12. The highest BCUT2D eigenvalue weighted by atomic mass is 32.2. The number of halogens is 4. The summed E-state index contributed by atoms with van der Waals surface area (Å²) in [6.45, 7) is 0. The van der Waals surface area contributed by atoms with Crippen molar-refractivity contribution in [3.8, 4) is 0 Å². The maximum Gasteiger partial charge on any atom is 0.400 e. The van der Waals surface area contributed by atoms with Crippen molar-refractivity contribution in [3.63, 3.8) is 0 Å². The lowest BCUT2D eigenvalue weighted by Crippen LogP contribution is -2.44. The van der Waals surface area contributed by atoms with Gasteiger partial charge in [-0.1, -0.05) is 42.5 Å². The Labute approximate surface area is 111 Å². The zero-order valence-corrected chi connectivity index (χ0v) is 10.5. The molecule has 0 spiro atoms. The van der Waals surface area contributed by atoms with Gasteiger partial charge >= 0.3 is 11.2 Å². The minimum Gasteiger partial charge on any atom is -0.743 e. The van der Waals surface area contributed by atoms with Gasteiger partial charge in [-0.15, -0.1) is 0 Å². The molecule has 0 atom stereocenters. The van der Waals surface area contributed by atoms with Gasteiger partial charge in [0.2, 0.25) is 0 Å². The number of rotatable bonds is 3. The summed E-state index contributed by atoms with van der Waals surface area (Å²) < 4.78 is 85.5. The van der Waals surface area contributed by atoms with Gasteiger partial charge in [0, 0.05) is 5.56 Å². The van der Waals surface area contributed by atoms with Crippen molar-refractivity contribution in [1.29, 1.82) is 0 Å². The Balaban J connectivity index is 2.76. The van der Waals surface area contributed by atoms with Crippen LogP contribution < -0.4 is 0 Å². The monoisotopic (exact) mass is 307 g/mol. The normalized spacial score (nSPS) is 13.7. The summed E-state index contributed by atoms with van der Waals surface area (Å²) in [6, 6.07) is 8.54. The van der Waals surface area contributed by atoms with Crippen molar-refractivity contribution in [2.24, 2.45) is 0 Å². The Hall–Kier alpha value is -1.67. The van der Waals surface area contributed by atoms with E-state index in [2.05, 4.69) is 0 Å². The summed E-state index contributed by atoms with van der Waals surface area (Å²) in [5.74, 6) is -5.13. The third-order valence-electron chi connectivity index (χ3n) is 2.81. The molecule has 0 aliphatic rings. The van der Waals surface area contributed by atoms with Crippen LogP contribution in [0.1, 0.15) is 5.56 Å². The molecule has 0 aromatic heterocycles. The highest BCUT2D eigenvalue weighted by Gasteiger charge is 2.63. The number of alkyl halides is 4. The maximum absolute atomic E-state index is 13.8. The van der Waals surface area contributed by atoms with Crippen LogP contribution in [0.3, 0.4) is 0 Å². The van der Waals surface area contributed by atoms with Crippen molar-refractivity contribution >= 4 is 20.9 Å². The van der Waals surface area contributed by atoms with Gasteiger partial charge in [-0.3, -0.25) is 0 Å². The van der Waals surface area contributed by atoms with E-state index in [1.807, 2.05) is 0 Å². The van der Waals surface area contributed by atoms with E-state index in [1.165, 1.54) is 24.3 Å². The molecule has 2 aromatic rings. The number of benzene rings is 2. The van der Waals surface area contributed by atoms with Gasteiger partial charge in [-0.05, 0) is 10.8 Å². The van der Waals surface area contributed by atoms with Gasteiger partial charge in [-0.25, -0.2) is 8.42 Å². The predicted octanol–water partition coefficient (Wildman–Crippen LogP) is 3.07. The Morgan fingerprint density at radius 3 is 2.05 bits per heavy atom. The first-order valence-electron chi connectivity index (χ1n) is 5.28. The lowest BCUT2D eigenvalue weighted by atomic mass is 10.00. The minimum atomic E-state index is -6.51. The Morgan fingerprint density at radius 2 is 1.45 bits per heavy atom. The van der Waals surface area contributed by atoms with E-state index in [0.29, 0.717) is 6.07 Å². The Kier molecular flexibility index (Phi) is 3.26. The van der Waals surface area contributed by atoms with Crippen molar-refractivity contribution in [1.82, 2.24) is 0 Å². The topological polar surface area (TPSA) is 57.2 Å². The molecule has 0 aliphatic carbocycles. The van der Waals surface area contributed by atoms with Gasteiger partial charge in [0.1, 0.15) is 0 Å². The standard InChI is InChI=1S/C12H8F4O3S/c13-11(14,12(15,16)20(17,18)19)10-7-3-5-8-4-1-2-6-9(8)10/h1-7H,(H,17,18,19)/p-1. The second-order valence-electron chi connectivity index (χ2n) is 4.07. The van der Waals surface area contributed by atoms with Crippen LogP contribution in [-0.4, -0.2) is 18.2 Å². The molecule has 0 radical (unpaired) electrons. The summed E-state index contributed by atoms with van der Waals surface area (Å²) in [5, 5.41) is -5.75.